The average Bonchev–Trinajstić information content (AvgIpc) is 3.22. The van der Waals surface area contributed by atoms with Gasteiger partial charge in [0, 0.05) is 38.1 Å². The van der Waals surface area contributed by atoms with Crippen molar-refractivity contribution >= 4 is 23.4 Å². The standard InChI is InChI=1S/C27H24FN3O.ClH/c28-25-6-2-5-22(15-25)23-7-8-27-24(14-23)16-26(32-27)19-31-11-9-30(10-12-31)18-21-4-1-3-20(13-21)17-29;/h1-8,13-16H,9-12,18-19H2;1H. The van der Waals surface area contributed by atoms with E-state index in [0.29, 0.717) is 5.56 Å². The minimum absolute atomic E-state index is 0. The highest BCUT2D eigenvalue weighted by Gasteiger charge is 2.18. The van der Waals surface area contributed by atoms with Gasteiger partial charge in [-0.25, -0.2) is 4.39 Å². The topological polar surface area (TPSA) is 43.4 Å². The number of hydrogen-bond donors (Lipinski definition) is 0. The van der Waals surface area contributed by atoms with E-state index < -0.39 is 0 Å². The molecule has 1 aromatic heterocycles. The highest BCUT2D eigenvalue weighted by atomic mass is 35.5. The molecule has 1 fully saturated rings. The number of fused-ring (bicyclic) bond motifs is 1. The molecule has 0 bridgehead atoms. The lowest BCUT2D eigenvalue weighted by molar-refractivity contribution is 0.116. The van der Waals surface area contributed by atoms with Crippen molar-refractivity contribution in [3.8, 4) is 17.2 Å². The molecule has 0 spiro atoms. The molecule has 0 radical (unpaired) electrons. The molecule has 1 saturated heterocycles. The molecule has 0 unspecified atom stereocenters. The highest BCUT2D eigenvalue weighted by molar-refractivity contribution is 5.85. The summed E-state index contributed by atoms with van der Waals surface area (Å²) in [6.45, 7) is 5.58. The van der Waals surface area contributed by atoms with Gasteiger partial charge in [-0.15, -0.1) is 12.4 Å². The number of nitriles is 1. The van der Waals surface area contributed by atoms with Gasteiger partial charge in [0.05, 0.1) is 18.2 Å². The fraction of sp³-hybridized carbons (Fsp3) is 0.222. The number of piperazine rings is 1. The lowest BCUT2D eigenvalue weighted by Gasteiger charge is -2.34. The molecule has 1 aliphatic rings. The van der Waals surface area contributed by atoms with E-state index in [1.807, 2.05) is 36.4 Å². The molecule has 0 amide bonds. The number of hydrogen-bond acceptors (Lipinski definition) is 4. The first kappa shape index (κ1) is 23.0. The first-order chi connectivity index (χ1) is 15.7. The van der Waals surface area contributed by atoms with Gasteiger partial charge in [-0.2, -0.15) is 5.26 Å². The second-order valence-corrected chi connectivity index (χ2v) is 8.34. The molecule has 0 aliphatic carbocycles. The Morgan fingerprint density at radius 3 is 2.30 bits per heavy atom. The van der Waals surface area contributed by atoms with Gasteiger partial charge in [0.25, 0.3) is 0 Å². The molecule has 0 saturated carbocycles. The summed E-state index contributed by atoms with van der Waals surface area (Å²) >= 11 is 0. The van der Waals surface area contributed by atoms with Gasteiger partial charge in [-0.05, 0) is 59.2 Å². The average molecular weight is 462 g/mol. The maximum atomic E-state index is 13.6. The Hall–Kier alpha value is -3.17. The van der Waals surface area contributed by atoms with Crippen molar-refractivity contribution < 1.29 is 8.81 Å². The van der Waals surface area contributed by atoms with E-state index in [4.69, 9.17) is 9.68 Å². The Labute approximate surface area is 199 Å². The van der Waals surface area contributed by atoms with Crippen LogP contribution in [0.4, 0.5) is 4.39 Å². The molecule has 6 heteroatoms. The maximum Gasteiger partial charge on any atom is 0.134 e. The lowest BCUT2D eigenvalue weighted by atomic mass is 10.0. The van der Waals surface area contributed by atoms with E-state index in [0.717, 1.165) is 67.1 Å². The van der Waals surface area contributed by atoms with Crippen molar-refractivity contribution in [1.82, 2.24) is 9.80 Å². The van der Waals surface area contributed by atoms with Crippen LogP contribution in [0, 0.1) is 17.1 Å². The molecular formula is C27H25ClFN3O. The van der Waals surface area contributed by atoms with Crippen LogP contribution in [0.5, 0.6) is 0 Å². The van der Waals surface area contributed by atoms with Crippen LogP contribution < -0.4 is 0 Å². The van der Waals surface area contributed by atoms with E-state index in [-0.39, 0.29) is 18.2 Å². The number of nitrogens with zero attached hydrogens (tertiary/aromatic N) is 3. The zero-order valence-corrected chi connectivity index (χ0v) is 19.0. The van der Waals surface area contributed by atoms with Crippen molar-refractivity contribution in [3.05, 3.63) is 95.5 Å². The summed E-state index contributed by atoms with van der Waals surface area (Å²) in [6, 6.07) is 24.8. The summed E-state index contributed by atoms with van der Waals surface area (Å²) in [4.78, 5) is 4.84. The summed E-state index contributed by atoms with van der Waals surface area (Å²) in [5, 5.41) is 10.1. The third-order valence-electron chi connectivity index (χ3n) is 6.03. The molecule has 0 N–H and O–H groups in total. The zero-order chi connectivity index (χ0) is 21.9. The van der Waals surface area contributed by atoms with Crippen molar-refractivity contribution in [2.24, 2.45) is 0 Å². The number of benzene rings is 3. The van der Waals surface area contributed by atoms with E-state index in [1.54, 1.807) is 12.1 Å². The Kier molecular flexibility index (Phi) is 7.10. The lowest BCUT2D eigenvalue weighted by Crippen LogP contribution is -2.45. The summed E-state index contributed by atoms with van der Waals surface area (Å²) < 4.78 is 19.6. The third kappa shape index (κ3) is 5.43. The van der Waals surface area contributed by atoms with Crippen LogP contribution >= 0.6 is 12.4 Å². The van der Waals surface area contributed by atoms with Crippen LogP contribution in [0.1, 0.15) is 16.9 Å². The molecule has 168 valence electrons. The molecule has 5 rings (SSSR count). The van der Waals surface area contributed by atoms with Crippen LogP contribution in [0.3, 0.4) is 0 Å². The summed E-state index contributed by atoms with van der Waals surface area (Å²) in [5.41, 5.74) is 4.61. The summed E-state index contributed by atoms with van der Waals surface area (Å²) in [5.74, 6) is 0.721. The number of furan rings is 1. The molecule has 0 atom stereocenters. The first-order valence-corrected chi connectivity index (χ1v) is 10.9. The Balaban J connectivity index is 0.00000259. The van der Waals surface area contributed by atoms with E-state index >= 15 is 0 Å². The van der Waals surface area contributed by atoms with Crippen LogP contribution in [0.2, 0.25) is 0 Å². The van der Waals surface area contributed by atoms with Crippen molar-refractivity contribution in [1.29, 1.82) is 5.26 Å². The predicted molar refractivity (Wildman–Crippen MR) is 131 cm³/mol. The van der Waals surface area contributed by atoms with Gasteiger partial charge in [0.2, 0.25) is 0 Å². The van der Waals surface area contributed by atoms with Crippen molar-refractivity contribution in [2.45, 2.75) is 13.1 Å². The van der Waals surface area contributed by atoms with Crippen LogP contribution in [0.15, 0.2) is 77.2 Å². The minimum Gasteiger partial charge on any atom is -0.460 e. The van der Waals surface area contributed by atoms with Gasteiger partial charge in [0.1, 0.15) is 17.2 Å². The fourth-order valence-electron chi connectivity index (χ4n) is 4.35. The number of rotatable bonds is 5. The molecule has 2 heterocycles. The quantitative estimate of drug-likeness (QED) is 0.374. The van der Waals surface area contributed by atoms with Crippen molar-refractivity contribution in [2.75, 3.05) is 26.2 Å². The molecule has 4 nitrogen and oxygen atoms in total. The van der Waals surface area contributed by atoms with Gasteiger partial charge >= 0.3 is 0 Å². The molecule has 3 aromatic carbocycles. The Morgan fingerprint density at radius 1 is 0.818 bits per heavy atom. The Morgan fingerprint density at radius 2 is 1.55 bits per heavy atom. The summed E-state index contributed by atoms with van der Waals surface area (Å²) in [6.07, 6.45) is 0. The van der Waals surface area contributed by atoms with Crippen LogP contribution in [-0.2, 0) is 13.1 Å². The van der Waals surface area contributed by atoms with E-state index in [2.05, 4.69) is 34.1 Å². The van der Waals surface area contributed by atoms with Gasteiger partial charge in [-0.3, -0.25) is 9.80 Å². The maximum absolute atomic E-state index is 13.6. The minimum atomic E-state index is -0.229. The third-order valence-corrected chi connectivity index (χ3v) is 6.03. The van der Waals surface area contributed by atoms with Gasteiger partial charge in [0.15, 0.2) is 0 Å². The Bertz CT molecular complexity index is 1290. The monoisotopic (exact) mass is 461 g/mol. The second kappa shape index (κ2) is 10.2. The molecular weight excluding hydrogens is 437 g/mol. The molecule has 4 aromatic rings. The normalized spacial score (nSPS) is 14.7. The largest absolute Gasteiger partial charge is 0.460 e. The number of halogens is 2. The smallest absolute Gasteiger partial charge is 0.134 e. The van der Waals surface area contributed by atoms with Crippen LogP contribution in [-0.4, -0.2) is 36.0 Å². The van der Waals surface area contributed by atoms with E-state index in [1.165, 1.54) is 11.6 Å². The first-order valence-electron chi connectivity index (χ1n) is 10.9. The SMILES string of the molecule is Cl.N#Cc1cccc(CN2CCN(Cc3cc4cc(-c5cccc(F)c5)ccc4o3)CC2)c1. The molecule has 33 heavy (non-hydrogen) atoms. The van der Waals surface area contributed by atoms with Gasteiger partial charge < -0.3 is 4.42 Å². The molecule has 1 aliphatic heterocycles. The van der Waals surface area contributed by atoms with Gasteiger partial charge in [-0.1, -0.05) is 30.3 Å². The zero-order valence-electron chi connectivity index (χ0n) is 18.2. The highest BCUT2D eigenvalue weighted by Crippen LogP contribution is 2.28. The fourth-order valence-corrected chi connectivity index (χ4v) is 4.35. The summed E-state index contributed by atoms with van der Waals surface area (Å²) in [7, 11) is 0. The van der Waals surface area contributed by atoms with Crippen molar-refractivity contribution in [3.63, 3.8) is 0 Å². The van der Waals surface area contributed by atoms with E-state index in [9.17, 15) is 4.39 Å². The predicted octanol–water partition coefficient (Wildman–Crippen LogP) is 5.85. The van der Waals surface area contributed by atoms with Crippen LogP contribution in [0.25, 0.3) is 22.1 Å². The second-order valence-electron chi connectivity index (χ2n) is 8.34.